The fraction of sp³-hybridized carbons (Fsp3) is 0.375. The van der Waals surface area contributed by atoms with Crippen molar-refractivity contribution in [1.29, 1.82) is 0 Å². The topological polar surface area (TPSA) is 69.7 Å². The van der Waals surface area contributed by atoms with Gasteiger partial charge in [-0.05, 0) is 42.9 Å². The minimum Gasteiger partial charge on any atom is -0.323 e. The van der Waals surface area contributed by atoms with Gasteiger partial charge >= 0.3 is 6.03 Å². The summed E-state index contributed by atoms with van der Waals surface area (Å²) < 4.78 is 0. The van der Waals surface area contributed by atoms with Crippen molar-refractivity contribution in [2.75, 3.05) is 11.4 Å². The number of hydrogen-bond donors (Lipinski definition) is 1. The molecule has 2 heterocycles. The summed E-state index contributed by atoms with van der Waals surface area (Å²) in [6, 6.07) is 17.4. The van der Waals surface area contributed by atoms with Crippen molar-refractivity contribution in [2.45, 2.75) is 50.1 Å². The highest BCUT2D eigenvalue weighted by Gasteiger charge is 2.59. The molecule has 0 radical (unpaired) electrons. The van der Waals surface area contributed by atoms with Gasteiger partial charge in [-0.15, -0.1) is 0 Å². The lowest BCUT2D eigenvalue weighted by atomic mass is 9.65. The fourth-order valence-corrected chi connectivity index (χ4v) is 5.21. The summed E-state index contributed by atoms with van der Waals surface area (Å²) in [5, 5.41) is 2.87. The van der Waals surface area contributed by atoms with Crippen LogP contribution in [0.3, 0.4) is 0 Å². The van der Waals surface area contributed by atoms with E-state index in [4.69, 9.17) is 0 Å². The number of amides is 4. The monoisotopic (exact) mass is 403 g/mol. The number of para-hydroxylation sites is 1. The normalized spacial score (nSPS) is 29.7. The van der Waals surface area contributed by atoms with E-state index in [-0.39, 0.29) is 36.2 Å². The minimum atomic E-state index is -0.861. The number of urea groups is 1. The predicted octanol–water partition coefficient (Wildman–Crippen LogP) is 3.39. The third kappa shape index (κ3) is 2.66. The molecule has 30 heavy (non-hydrogen) atoms. The highest BCUT2D eigenvalue weighted by atomic mass is 16.2. The molecule has 2 fully saturated rings. The second kappa shape index (κ2) is 6.69. The molecule has 6 nitrogen and oxygen atoms in total. The number of benzene rings is 2. The summed E-state index contributed by atoms with van der Waals surface area (Å²) >= 11 is 0. The van der Waals surface area contributed by atoms with Gasteiger partial charge < -0.3 is 10.2 Å². The van der Waals surface area contributed by atoms with Crippen LogP contribution >= 0.6 is 0 Å². The summed E-state index contributed by atoms with van der Waals surface area (Å²) in [4.78, 5) is 41.7. The van der Waals surface area contributed by atoms with Crippen LogP contribution in [-0.4, -0.2) is 40.9 Å². The quantitative estimate of drug-likeness (QED) is 0.799. The summed E-state index contributed by atoms with van der Waals surface area (Å²) in [5.74, 6) is -0.0460. The van der Waals surface area contributed by atoms with Crippen LogP contribution in [0, 0.1) is 0 Å². The van der Waals surface area contributed by atoms with Gasteiger partial charge in [-0.2, -0.15) is 0 Å². The lowest BCUT2D eigenvalue weighted by molar-refractivity contribution is -0.137. The zero-order valence-electron chi connectivity index (χ0n) is 17.2. The molecule has 1 spiro atoms. The Bertz CT molecular complexity index is 1030. The van der Waals surface area contributed by atoms with Gasteiger partial charge in [0.05, 0.1) is 0 Å². The fourth-order valence-electron chi connectivity index (χ4n) is 5.21. The van der Waals surface area contributed by atoms with Crippen LogP contribution in [0.1, 0.15) is 49.7 Å². The SMILES string of the molecule is CC1c2ccccc2N(C(=O)CN2C(=O)NC3(CC(c4ccccc4)C3)C2=O)C1C. The maximum absolute atomic E-state index is 13.2. The second-order valence-electron chi connectivity index (χ2n) is 8.77. The van der Waals surface area contributed by atoms with E-state index in [2.05, 4.69) is 12.2 Å². The first-order valence-corrected chi connectivity index (χ1v) is 10.5. The van der Waals surface area contributed by atoms with Crippen molar-refractivity contribution in [3.05, 3.63) is 65.7 Å². The molecule has 1 N–H and O–H groups in total. The maximum Gasteiger partial charge on any atom is 0.325 e. The highest BCUT2D eigenvalue weighted by Crippen LogP contribution is 2.48. The smallest absolute Gasteiger partial charge is 0.323 e. The lowest BCUT2D eigenvalue weighted by Crippen LogP contribution is -2.56. The lowest BCUT2D eigenvalue weighted by Gasteiger charge is -2.43. The van der Waals surface area contributed by atoms with Gasteiger partial charge in [0.1, 0.15) is 12.1 Å². The molecule has 2 aromatic rings. The maximum atomic E-state index is 13.2. The van der Waals surface area contributed by atoms with Gasteiger partial charge in [-0.25, -0.2) is 4.79 Å². The number of carbonyl (C=O) groups excluding carboxylic acids is 3. The first-order valence-electron chi connectivity index (χ1n) is 10.5. The van der Waals surface area contributed by atoms with E-state index in [1.54, 1.807) is 4.90 Å². The second-order valence-corrected chi connectivity index (χ2v) is 8.77. The largest absolute Gasteiger partial charge is 0.325 e. The van der Waals surface area contributed by atoms with Crippen molar-refractivity contribution in [2.24, 2.45) is 0 Å². The van der Waals surface area contributed by atoms with Crippen LogP contribution in [0.2, 0.25) is 0 Å². The number of nitrogens with zero attached hydrogens (tertiary/aromatic N) is 2. The molecule has 2 aliphatic heterocycles. The molecule has 2 aromatic carbocycles. The van der Waals surface area contributed by atoms with E-state index in [1.165, 1.54) is 5.56 Å². The number of imide groups is 1. The standard InChI is InChI=1S/C24H25N3O3/c1-15-16(2)27(20-11-7-6-10-19(15)20)21(28)14-26-22(29)24(25-23(26)30)12-18(13-24)17-8-4-3-5-9-17/h3-11,15-16,18H,12-14H2,1-2H3,(H,25,30). The van der Waals surface area contributed by atoms with E-state index in [0.717, 1.165) is 16.2 Å². The van der Waals surface area contributed by atoms with Crippen molar-refractivity contribution >= 4 is 23.5 Å². The third-order valence-corrected chi connectivity index (χ3v) is 7.09. The van der Waals surface area contributed by atoms with Gasteiger partial charge in [0.15, 0.2) is 0 Å². The molecule has 5 rings (SSSR count). The van der Waals surface area contributed by atoms with Crippen molar-refractivity contribution in [3.8, 4) is 0 Å². The Morgan fingerprint density at radius 2 is 1.70 bits per heavy atom. The van der Waals surface area contributed by atoms with Crippen LogP contribution in [0.25, 0.3) is 0 Å². The number of anilines is 1. The van der Waals surface area contributed by atoms with Gasteiger partial charge in [0.25, 0.3) is 5.91 Å². The Labute approximate surface area is 175 Å². The van der Waals surface area contributed by atoms with Crippen molar-refractivity contribution < 1.29 is 14.4 Å². The molecule has 0 aromatic heterocycles. The van der Waals surface area contributed by atoms with Crippen LogP contribution in [0.4, 0.5) is 10.5 Å². The van der Waals surface area contributed by atoms with E-state index < -0.39 is 11.6 Å². The molecular weight excluding hydrogens is 378 g/mol. The molecule has 0 bridgehead atoms. The van der Waals surface area contributed by atoms with Crippen LogP contribution in [0.15, 0.2) is 54.6 Å². The van der Waals surface area contributed by atoms with Gasteiger partial charge in [-0.3, -0.25) is 14.5 Å². The van der Waals surface area contributed by atoms with Gasteiger partial charge in [0.2, 0.25) is 5.91 Å². The molecule has 1 aliphatic carbocycles. The Balaban J connectivity index is 1.31. The molecule has 2 atom stereocenters. The summed E-state index contributed by atoms with van der Waals surface area (Å²) in [6.45, 7) is 3.87. The van der Waals surface area contributed by atoms with Gasteiger partial charge in [0, 0.05) is 17.6 Å². The zero-order chi connectivity index (χ0) is 21.0. The zero-order valence-corrected chi connectivity index (χ0v) is 17.2. The number of nitrogens with one attached hydrogen (secondary N) is 1. The molecular formula is C24H25N3O3. The van der Waals surface area contributed by atoms with E-state index >= 15 is 0 Å². The Morgan fingerprint density at radius 1 is 1.03 bits per heavy atom. The number of carbonyl (C=O) groups is 3. The molecule has 154 valence electrons. The van der Waals surface area contributed by atoms with Crippen LogP contribution in [-0.2, 0) is 9.59 Å². The molecule has 4 amide bonds. The number of hydrogen-bond acceptors (Lipinski definition) is 3. The van der Waals surface area contributed by atoms with Crippen LogP contribution in [0.5, 0.6) is 0 Å². The van der Waals surface area contributed by atoms with Crippen molar-refractivity contribution in [3.63, 3.8) is 0 Å². The predicted molar refractivity (Wildman–Crippen MR) is 113 cm³/mol. The Morgan fingerprint density at radius 3 is 2.43 bits per heavy atom. The molecule has 1 saturated carbocycles. The summed E-state index contributed by atoms with van der Waals surface area (Å²) in [7, 11) is 0. The van der Waals surface area contributed by atoms with E-state index in [9.17, 15) is 14.4 Å². The van der Waals surface area contributed by atoms with Crippen LogP contribution < -0.4 is 10.2 Å². The number of fused-ring (bicyclic) bond motifs is 1. The van der Waals surface area contributed by atoms with Gasteiger partial charge in [-0.1, -0.05) is 55.5 Å². The van der Waals surface area contributed by atoms with E-state index in [1.807, 2.05) is 61.5 Å². The Kier molecular flexibility index (Phi) is 4.20. The van der Waals surface area contributed by atoms with E-state index in [0.29, 0.717) is 12.8 Å². The first kappa shape index (κ1) is 18.9. The Hall–Kier alpha value is -3.15. The molecule has 2 unspecified atom stereocenters. The minimum absolute atomic E-state index is 0.0178. The molecule has 1 saturated heterocycles. The highest BCUT2D eigenvalue weighted by molar-refractivity contribution is 6.11. The first-order chi connectivity index (χ1) is 14.4. The van der Waals surface area contributed by atoms with Crippen molar-refractivity contribution in [1.82, 2.24) is 10.2 Å². The average Bonchev–Trinajstić information content (AvgIpc) is 3.13. The molecule has 3 aliphatic rings. The third-order valence-electron chi connectivity index (χ3n) is 7.09. The summed E-state index contributed by atoms with van der Waals surface area (Å²) in [5.41, 5.74) is 2.31. The summed E-state index contributed by atoms with van der Waals surface area (Å²) in [6.07, 6.45) is 1.15. The average molecular weight is 403 g/mol. The number of rotatable bonds is 3. The molecule has 6 heteroatoms.